The molecule has 6 heteroatoms. The largest absolute Gasteiger partial charge is 0.462 e. The molecular weight excluding hydrogens is 661 g/mol. The van der Waals surface area contributed by atoms with Crippen LogP contribution in [0, 0.1) is 17.8 Å². The highest BCUT2D eigenvalue weighted by Gasteiger charge is 2.19. The lowest BCUT2D eigenvalue weighted by Gasteiger charge is -2.18. The summed E-state index contributed by atoms with van der Waals surface area (Å²) < 4.78 is 16.7. The first kappa shape index (κ1) is 51.4. The molecule has 0 aromatic rings. The molecule has 0 heterocycles. The van der Waals surface area contributed by atoms with Crippen molar-refractivity contribution in [1.29, 1.82) is 0 Å². The molecule has 2 atom stereocenters. The maximum absolute atomic E-state index is 12.7. The third kappa shape index (κ3) is 39.9. The van der Waals surface area contributed by atoms with E-state index < -0.39 is 6.10 Å². The Bertz CT molecular complexity index is 824. The van der Waals surface area contributed by atoms with Crippen LogP contribution in [0.5, 0.6) is 0 Å². The summed E-state index contributed by atoms with van der Waals surface area (Å²) in [6, 6.07) is 0. The Labute approximate surface area is 329 Å². The number of carbonyl (C=O) groups is 3. The summed E-state index contributed by atoms with van der Waals surface area (Å²) in [5, 5.41) is 0. The van der Waals surface area contributed by atoms with E-state index in [0.29, 0.717) is 19.3 Å². The van der Waals surface area contributed by atoms with Crippen molar-refractivity contribution in [2.45, 2.75) is 253 Å². The SMILES string of the molecule is CCC(C)CCCCCCCCCCC(=O)OC[C@H](COC(=O)CCCCCCCCCCC(C)C)OC(=O)CCCCCCCCCCCC(C)C. The second-order valence-electron chi connectivity index (χ2n) is 17.2. The van der Waals surface area contributed by atoms with Crippen LogP contribution in [0.2, 0.25) is 0 Å². The van der Waals surface area contributed by atoms with E-state index >= 15 is 0 Å². The minimum atomic E-state index is -0.762. The number of hydrogen-bond donors (Lipinski definition) is 0. The van der Waals surface area contributed by atoms with Gasteiger partial charge in [-0.25, -0.2) is 0 Å². The topological polar surface area (TPSA) is 78.9 Å². The Morgan fingerprint density at radius 2 is 0.660 bits per heavy atom. The lowest BCUT2D eigenvalue weighted by Crippen LogP contribution is -2.30. The number of carbonyl (C=O) groups excluding carboxylic acids is 3. The van der Waals surface area contributed by atoms with Gasteiger partial charge in [0.05, 0.1) is 0 Å². The number of esters is 3. The maximum Gasteiger partial charge on any atom is 0.306 e. The summed E-state index contributed by atoms with van der Waals surface area (Å²) in [4.78, 5) is 37.7. The van der Waals surface area contributed by atoms with Gasteiger partial charge in [-0.05, 0) is 37.0 Å². The first-order valence-electron chi connectivity index (χ1n) is 23.1. The van der Waals surface area contributed by atoms with Crippen LogP contribution in [0.4, 0.5) is 0 Å². The van der Waals surface area contributed by atoms with Crippen LogP contribution in [-0.2, 0) is 28.6 Å². The molecule has 1 unspecified atom stereocenters. The van der Waals surface area contributed by atoms with Gasteiger partial charge >= 0.3 is 17.9 Å². The molecule has 0 radical (unpaired) electrons. The van der Waals surface area contributed by atoms with E-state index in [0.717, 1.165) is 75.5 Å². The van der Waals surface area contributed by atoms with Gasteiger partial charge in [0.1, 0.15) is 13.2 Å². The first-order valence-corrected chi connectivity index (χ1v) is 23.1. The van der Waals surface area contributed by atoms with Crippen LogP contribution in [0.3, 0.4) is 0 Å². The fraction of sp³-hybridized carbons (Fsp3) is 0.936. The molecule has 0 bridgehead atoms. The fourth-order valence-corrected chi connectivity index (χ4v) is 6.85. The summed E-state index contributed by atoms with van der Waals surface area (Å²) in [5.41, 5.74) is 0. The van der Waals surface area contributed by atoms with Crippen molar-refractivity contribution in [3.8, 4) is 0 Å². The van der Waals surface area contributed by atoms with Crippen molar-refractivity contribution in [3.05, 3.63) is 0 Å². The fourth-order valence-electron chi connectivity index (χ4n) is 6.85. The number of unbranched alkanes of at least 4 members (excludes halogenated alkanes) is 22. The molecule has 0 fully saturated rings. The maximum atomic E-state index is 12.7. The van der Waals surface area contributed by atoms with Gasteiger partial charge in [0.2, 0.25) is 0 Å². The Morgan fingerprint density at radius 1 is 0.377 bits per heavy atom. The van der Waals surface area contributed by atoms with Crippen LogP contribution in [0.1, 0.15) is 247 Å². The van der Waals surface area contributed by atoms with E-state index in [1.807, 2.05) is 0 Å². The second kappa shape index (κ2) is 38.7. The molecule has 0 aliphatic heterocycles. The summed E-state index contributed by atoms with van der Waals surface area (Å²) in [6.45, 7) is 13.6. The molecule has 0 spiro atoms. The lowest BCUT2D eigenvalue weighted by molar-refractivity contribution is -0.167. The van der Waals surface area contributed by atoms with E-state index in [1.165, 1.54) is 128 Å². The number of ether oxygens (including phenoxy) is 3. The number of hydrogen-bond acceptors (Lipinski definition) is 6. The molecule has 53 heavy (non-hydrogen) atoms. The predicted octanol–water partition coefficient (Wildman–Crippen LogP) is 14.4. The molecule has 0 aromatic carbocycles. The third-order valence-corrected chi connectivity index (χ3v) is 10.8. The summed E-state index contributed by atoms with van der Waals surface area (Å²) in [5.74, 6) is 1.59. The minimum Gasteiger partial charge on any atom is -0.462 e. The van der Waals surface area contributed by atoms with Crippen molar-refractivity contribution >= 4 is 17.9 Å². The zero-order valence-electron chi connectivity index (χ0n) is 36.3. The lowest BCUT2D eigenvalue weighted by atomic mass is 9.99. The zero-order chi connectivity index (χ0) is 39.2. The smallest absolute Gasteiger partial charge is 0.306 e. The van der Waals surface area contributed by atoms with Crippen LogP contribution >= 0.6 is 0 Å². The molecular formula is C47H90O6. The van der Waals surface area contributed by atoms with E-state index in [2.05, 4.69) is 41.5 Å². The van der Waals surface area contributed by atoms with Crippen LogP contribution in [0.15, 0.2) is 0 Å². The average Bonchev–Trinajstić information content (AvgIpc) is 3.12. The average molecular weight is 751 g/mol. The molecule has 314 valence electrons. The van der Waals surface area contributed by atoms with Gasteiger partial charge in [-0.3, -0.25) is 14.4 Å². The summed E-state index contributed by atoms with van der Waals surface area (Å²) >= 11 is 0. The molecule has 0 aliphatic carbocycles. The first-order chi connectivity index (χ1) is 25.6. The van der Waals surface area contributed by atoms with E-state index in [9.17, 15) is 14.4 Å². The van der Waals surface area contributed by atoms with Crippen molar-refractivity contribution in [1.82, 2.24) is 0 Å². The highest BCUT2D eigenvalue weighted by molar-refractivity contribution is 5.71. The van der Waals surface area contributed by atoms with E-state index in [4.69, 9.17) is 14.2 Å². The highest BCUT2D eigenvalue weighted by atomic mass is 16.6. The Kier molecular flexibility index (Phi) is 37.5. The standard InChI is InChI=1S/C47H90O6/c1-7-43(6)35-29-23-17-12-14-19-25-31-37-46(49)52-40-44(39-51-45(48)36-30-24-18-13-11-16-22-28-34-42(4)5)53-47(50)38-32-26-20-10-8-9-15-21-27-33-41(2)3/h41-44H,7-40H2,1-6H3/t43?,44-/m0/s1. The molecule has 0 amide bonds. The molecule has 0 saturated carbocycles. The highest BCUT2D eigenvalue weighted by Crippen LogP contribution is 2.17. The Balaban J connectivity index is 4.36. The van der Waals surface area contributed by atoms with Gasteiger partial charge in [-0.2, -0.15) is 0 Å². The van der Waals surface area contributed by atoms with Crippen LogP contribution < -0.4 is 0 Å². The van der Waals surface area contributed by atoms with E-state index in [-0.39, 0.29) is 31.1 Å². The van der Waals surface area contributed by atoms with Gasteiger partial charge in [-0.1, -0.05) is 208 Å². The second-order valence-corrected chi connectivity index (χ2v) is 17.2. The zero-order valence-corrected chi connectivity index (χ0v) is 36.3. The molecule has 6 nitrogen and oxygen atoms in total. The van der Waals surface area contributed by atoms with Gasteiger partial charge in [0.25, 0.3) is 0 Å². The van der Waals surface area contributed by atoms with Crippen molar-refractivity contribution in [2.75, 3.05) is 13.2 Å². The Hall–Kier alpha value is -1.59. The molecule has 0 N–H and O–H groups in total. The predicted molar refractivity (Wildman–Crippen MR) is 224 cm³/mol. The van der Waals surface area contributed by atoms with Gasteiger partial charge in [0.15, 0.2) is 6.10 Å². The minimum absolute atomic E-state index is 0.0666. The normalized spacial score (nSPS) is 12.7. The Morgan fingerprint density at radius 3 is 0.981 bits per heavy atom. The van der Waals surface area contributed by atoms with Crippen LogP contribution in [-0.4, -0.2) is 37.2 Å². The number of rotatable bonds is 40. The summed E-state index contributed by atoms with van der Waals surface area (Å²) in [6.07, 6.45) is 35.2. The van der Waals surface area contributed by atoms with Crippen LogP contribution in [0.25, 0.3) is 0 Å². The van der Waals surface area contributed by atoms with Crippen molar-refractivity contribution in [2.24, 2.45) is 17.8 Å². The van der Waals surface area contributed by atoms with Gasteiger partial charge < -0.3 is 14.2 Å². The van der Waals surface area contributed by atoms with E-state index in [1.54, 1.807) is 0 Å². The van der Waals surface area contributed by atoms with Gasteiger partial charge in [0, 0.05) is 19.3 Å². The summed E-state index contributed by atoms with van der Waals surface area (Å²) in [7, 11) is 0. The quantitative estimate of drug-likeness (QED) is 0.0352. The monoisotopic (exact) mass is 751 g/mol. The van der Waals surface area contributed by atoms with Gasteiger partial charge in [-0.15, -0.1) is 0 Å². The van der Waals surface area contributed by atoms with Crippen molar-refractivity contribution < 1.29 is 28.6 Å². The van der Waals surface area contributed by atoms with Crippen molar-refractivity contribution in [3.63, 3.8) is 0 Å². The molecule has 0 rings (SSSR count). The third-order valence-electron chi connectivity index (χ3n) is 10.8. The molecule has 0 aromatic heterocycles. The molecule has 0 aliphatic rings. The molecule has 0 saturated heterocycles.